The van der Waals surface area contributed by atoms with Gasteiger partial charge in [0.05, 0.1) is 27.8 Å². The molecule has 0 bridgehead atoms. The van der Waals surface area contributed by atoms with Crippen molar-refractivity contribution in [1.29, 1.82) is 0 Å². The van der Waals surface area contributed by atoms with Crippen molar-refractivity contribution in [3.8, 4) is 11.5 Å². The fourth-order valence-electron chi connectivity index (χ4n) is 3.93. The van der Waals surface area contributed by atoms with Gasteiger partial charge in [0.15, 0.2) is 0 Å². The maximum atomic E-state index is 13.2. The van der Waals surface area contributed by atoms with Crippen LogP contribution in [-0.4, -0.2) is 33.2 Å². The third-order valence-corrected chi connectivity index (χ3v) is 5.79. The quantitative estimate of drug-likeness (QED) is 0.507. The van der Waals surface area contributed by atoms with Crippen LogP contribution in [0.5, 0.6) is 11.5 Å². The van der Waals surface area contributed by atoms with Crippen LogP contribution in [0.2, 0.25) is 0 Å². The van der Waals surface area contributed by atoms with Gasteiger partial charge in [0.2, 0.25) is 5.91 Å². The molecule has 0 saturated heterocycles. The van der Waals surface area contributed by atoms with Gasteiger partial charge in [-0.15, -0.1) is 0 Å². The van der Waals surface area contributed by atoms with Gasteiger partial charge in [-0.25, -0.2) is 0 Å². The highest BCUT2D eigenvalue weighted by atomic mass is 16.5. The van der Waals surface area contributed by atoms with Crippen LogP contribution in [0.15, 0.2) is 36.4 Å². The third kappa shape index (κ3) is 6.98. The molecule has 2 rings (SSSR count). The predicted octanol–water partition coefficient (Wildman–Crippen LogP) is 5.49. The zero-order chi connectivity index (χ0) is 24.8. The Hall–Kier alpha value is -3.02. The normalized spacial score (nSPS) is 12.3. The van der Waals surface area contributed by atoms with Crippen LogP contribution in [0.1, 0.15) is 63.6 Å². The lowest BCUT2D eigenvalue weighted by molar-refractivity contribution is -0.139. The van der Waals surface area contributed by atoms with E-state index in [9.17, 15) is 9.59 Å². The Bertz CT molecular complexity index is 975. The molecule has 0 fully saturated rings. The Morgan fingerprint density at radius 1 is 0.970 bits per heavy atom. The van der Waals surface area contributed by atoms with Gasteiger partial charge < -0.3 is 19.5 Å². The summed E-state index contributed by atoms with van der Waals surface area (Å²) in [5.41, 5.74) is 3.32. The molecule has 0 aliphatic heterocycles. The van der Waals surface area contributed by atoms with Crippen molar-refractivity contribution in [1.82, 2.24) is 0 Å². The summed E-state index contributed by atoms with van der Waals surface area (Å²) >= 11 is 0. The first-order valence-corrected chi connectivity index (χ1v) is 11.2. The highest BCUT2D eigenvalue weighted by Gasteiger charge is 2.25. The van der Waals surface area contributed by atoms with E-state index in [0.29, 0.717) is 17.9 Å². The maximum absolute atomic E-state index is 13.2. The van der Waals surface area contributed by atoms with E-state index in [2.05, 4.69) is 39.9 Å². The Kier molecular flexibility index (Phi) is 8.91. The standard InChI is InChI=1S/C27H37NO5/c1-17(2)21(20-11-10-19(31-6)15-24(20)32-7)16-25(29)28-23-13-18(14-26(30)33-8)9-12-22(23)27(3,4)5/h9-13,15,17,21H,14,16H2,1-8H3,(H,28,29). The average Bonchev–Trinajstić information content (AvgIpc) is 2.76. The second-order valence-electron chi connectivity index (χ2n) is 9.59. The molecule has 33 heavy (non-hydrogen) atoms. The van der Waals surface area contributed by atoms with E-state index in [1.165, 1.54) is 7.11 Å². The monoisotopic (exact) mass is 455 g/mol. The molecule has 0 saturated carbocycles. The number of hydrogen-bond donors (Lipinski definition) is 1. The lowest BCUT2D eigenvalue weighted by Gasteiger charge is -2.26. The predicted molar refractivity (Wildman–Crippen MR) is 131 cm³/mol. The number of rotatable bonds is 9. The molecular weight excluding hydrogens is 418 g/mol. The van der Waals surface area contributed by atoms with Crippen molar-refractivity contribution in [3.05, 3.63) is 53.1 Å². The summed E-state index contributed by atoms with van der Waals surface area (Å²) in [7, 11) is 4.61. The first kappa shape index (κ1) is 26.2. The summed E-state index contributed by atoms with van der Waals surface area (Å²) in [6.45, 7) is 10.5. The van der Waals surface area contributed by atoms with E-state index in [1.54, 1.807) is 14.2 Å². The van der Waals surface area contributed by atoms with Crippen molar-refractivity contribution in [2.45, 2.75) is 58.8 Å². The molecule has 0 spiro atoms. The van der Waals surface area contributed by atoms with Crippen LogP contribution in [0.3, 0.4) is 0 Å². The maximum Gasteiger partial charge on any atom is 0.309 e. The van der Waals surface area contributed by atoms with Crippen LogP contribution in [0, 0.1) is 5.92 Å². The van der Waals surface area contributed by atoms with Gasteiger partial charge >= 0.3 is 5.97 Å². The van der Waals surface area contributed by atoms with E-state index in [0.717, 1.165) is 22.4 Å². The summed E-state index contributed by atoms with van der Waals surface area (Å²) in [6, 6.07) is 11.4. The Morgan fingerprint density at radius 2 is 1.67 bits per heavy atom. The number of methoxy groups -OCH3 is 3. The highest BCUT2D eigenvalue weighted by molar-refractivity contribution is 5.92. The molecule has 6 heteroatoms. The van der Waals surface area contributed by atoms with Gasteiger partial charge in [-0.3, -0.25) is 9.59 Å². The molecular formula is C27H37NO5. The number of carbonyl (C=O) groups is 2. The van der Waals surface area contributed by atoms with E-state index in [4.69, 9.17) is 14.2 Å². The van der Waals surface area contributed by atoms with E-state index < -0.39 is 0 Å². The number of esters is 1. The molecule has 1 unspecified atom stereocenters. The van der Waals surface area contributed by atoms with Gasteiger partial charge in [0, 0.05) is 18.2 Å². The number of carbonyl (C=O) groups excluding carboxylic acids is 2. The fraction of sp³-hybridized carbons (Fsp3) is 0.481. The Morgan fingerprint density at radius 3 is 2.21 bits per heavy atom. The second-order valence-corrected chi connectivity index (χ2v) is 9.59. The minimum absolute atomic E-state index is 0.0396. The number of amides is 1. The van der Waals surface area contributed by atoms with Gasteiger partial charge in [-0.2, -0.15) is 0 Å². The lowest BCUT2D eigenvalue weighted by atomic mass is 9.83. The molecule has 0 aliphatic rings. The third-order valence-electron chi connectivity index (χ3n) is 5.79. The molecule has 1 N–H and O–H groups in total. The van der Waals surface area contributed by atoms with Crippen LogP contribution in [0.25, 0.3) is 0 Å². The number of nitrogens with one attached hydrogen (secondary N) is 1. The topological polar surface area (TPSA) is 73.9 Å². The number of benzene rings is 2. The fourth-order valence-corrected chi connectivity index (χ4v) is 3.93. The molecule has 0 aliphatic carbocycles. The minimum Gasteiger partial charge on any atom is -0.497 e. The summed E-state index contributed by atoms with van der Waals surface area (Å²) in [4.78, 5) is 25.0. The molecule has 180 valence electrons. The summed E-state index contributed by atoms with van der Waals surface area (Å²) < 4.78 is 15.7. The Balaban J connectivity index is 2.34. The molecule has 0 heterocycles. The SMILES string of the molecule is COC(=O)Cc1ccc(C(C)(C)C)c(NC(=O)CC(c2ccc(OC)cc2OC)C(C)C)c1. The molecule has 0 aromatic heterocycles. The van der Waals surface area contributed by atoms with E-state index >= 15 is 0 Å². The van der Waals surface area contributed by atoms with Crippen molar-refractivity contribution in [3.63, 3.8) is 0 Å². The minimum atomic E-state index is -0.317. The summed E-state index contributed by atoms with van der Waals surface area (Å²) in [6.07, 6.45) is 0.451. The van der Waals surface area contributed by atoms with Crippen molar-refractivity contribution >= 4 is 17.6 Å². The van der Waals surface area contributed by atoms with Gasteiger partial charge in [-0.1, -0.05) is 52.8 Å². The molecule has 2 aromatic carbocycles. The number of ether oxygens (including phenoxy) is 3. The van der Waals surface area contributed by atoms with Crippen LogP contribution < -0.4 is 14.8 Å². The van der Waals surface area contributed by atoms with Crippen molar-refractivity contribution in [2.24, 2.45) is 5.92 Å². The van der Waals surface area contributed by atoms with Crippen LogP contribution in [-0.2, 0) is 26.2 Å². The highest BCUT2D eigenvalue weighted by Crippen LogP contribution is 2.37. The van der Waals surface area contributed by atoms with E-state index in [1.807, 2.05) is 36.4 Å². The average molecular weight is 456 g/mol. The van der Waals surface area contributed by atoms with E-state index in [-0.39, 0.29) is 35.5 Å². The molecule has 1 atom stereocenters. The molecule has 1 amide bonds. The molecule has 6 nitrogen and oxygen atoms in total. The van der Waals surface area contributed by atoms with Crippen molar-refractivity contribution in [2.75, 3.05) is 26.6 Å². The molecule has 0 radical (unpaired) electrons. The van der Waals surface area contributed by atoms with Gasteiger partial charge in [0.1, 0.15) is 11.5 Å². The summed E-state index contributed by atoms with van der Waals surface area (Å²) in [5.74, 6) is 1.18. The van der Waals surface area contributed by atoms with Gasteiger partial charge in [-0.05, 0) is 46.1 Å². The van der Waals surface area contributed by atoms with Crippen LogP contribution in [0.4, 0.5) is 5.69 Å². The first-order valence-electron chi connectivity index (χ1n) is 11.2. The Labute approximate surface area is 197 Å². The van der Waals surface area contributed by atoms with Crippen LogP contribution >= 0.6 is 0 Å². The molecule has 2 aromatic rings. The largest absolute Gasteiger partial charge is 0.497 e. The number of hydrogen-bond acceptors (Lipinski definition) is 5. The second kappa shape index (κ2) is 11.2. The smallest absolute Gasteiger partial charge is 0.309 e. The van der Waals surface area contributed by atoms with Gasteiger partial charge in [0.25, 0.3) is 0 Å². The zero-order valence-corrected chi connectivity index (χ0v) is 21.1. The lowest BCUT2D eigenvalue weighted by Crippen LogP contribution is -2.22. The van der Waals surface area contributed by atoms with Crippen molar-refractivity contribution < 1.29 is 23.8 Å². The first-order chi connectivity index (χ1) is 15.5. The summed E-state index contributed by atoms with van der Waals surface area (Å²) in [5, 5.41) is 3.11. The number of anilines is 1. The zero-order valence-electron chi connectivity index (χ0n) is 21.1.